The Bertz CT molecular complexity index is 264. The lowest BCUT2D eigenvalue weighted by Gasteiger charge is -2.40. The van der Waals surface area contributed by atoms with Crippen molar-refractivity contribution in [2.75, 3.05) is 39.8 Å². The van der Waals surface area contributed by atoms with Crippen molar-refractivity contribution in [2.24, 2.45) is 5.92 Å². The first-order valence-electron chi connectivity index (χ1n) is 6.75. The summed E-state index contributed by atoms with van der Waals surface area (Å²) in [6, 6.07) is 0.0287. The van der Waals surface area contributed by atoms with Gasteiger partial charge in [-0.1, -0.05) is 6.92 Å². The van der Waals surface area contributed by atoms with E-state index in [0.717, 1.165) is 19.5 Å². The van der Waals surface area contributed by atoms with Crippen molar-refractivity contribution in [3.8, 4) is 0 Å². The van der Waals surface area contributed by atoms with Gasteiger partial charge in [-0.05, 0) is 38.3 Å². The summed E-state index contributed by atoms with van der Waals surface area (Å²) in [5.74, 6) is 0.574. The van der Waals surface area contributed by atoms with Gasteiger partial charge in [-0.2, -0.15) is 0 Å². The van der Waals surface area contributed by atoms with Gasteiger partial charge in [-0.25, -0.2) is 0 Å². The molecule has 0 aromatic rings. The molecule has 4 heteroatoms. The first kappa shape index (κ1) is 12.8. The Kier molecular flexibility index (Phi) is 4.40. The molecular formula is C13H24N2O2. The molecule has 17 heavy (non-hydrogen) atoms. The van der Waals surface area contributed by atoms with Crippen molar-refractivity contribution in [3.05, 3.63) is 0 Å². The third-order valence-electron chi connectivity index (χ3n) is 3.92. The van der Waals surface area contributed by atoms with Crippen LogP contribution in [0.2, 0.25) is 0 Å². The maximum absolute atomic E-state index is 11.5. The molecule has 0 N–H and O–H groups in total. The molecule has 0 aromatic heterocycles. The fourth-order valence-electron chi connectivity index (χ4n) is 2.93. The van der Waals surface area contributed by atoms with Crippen LogP contribution in [0.3, 0.4) is 0 Å². The smallest absolute Gasteiger partial charge is 0.323 e. The van der Waals surface area contributed by atoms with Gasteiger partial charge in [-0.15, -0.1) is 0 Å². The van der Waals surface area contributed by atoms with Crippen LogP contribution in [0.5, 0.6) is 0 Å². The van der Waals surface area contributed by atoms with E-state index in [0.29, 0.717) is 5.92 Å². The number of likely N-dealkylation sites (tertiary alicyclic amines) is 2. The molecule has 98 valence electrons. The van der Waals surface area contributed by atoms with Gasteiger partial charge < -0.3 is 9.64 Å². The van der Waals surface area contributed by atoms with Gasteiger partial charge in [0.25, 0.3) is 0 Å². The third-order valence-corrected chi connectivity index (χ3v) is 3.92. The second kappa shape index (κ2) is 5.83. The zero-order valence-corrected chi connectivity index (χ0v) is 11.0. The summed E-state index contributed by atoms with van der Waals surface area (Å²) in [6.07, 6.45) is 3.66. The van der Waals surface area contributed by atoms with Crippen LogP contribution >= 0.6 is 0 Å². The maximum atomic E-state index is 11.5. The normalized spacial score (nSPS) is 27.8. The molecule has 0 aromatic carbocycles. The molecule has 2 fully saturated rings. The molecule has 4 nitrogen and oxygen atoms in total. The van der Waals surface area contributed by atoms with Crippen LogP contribution in [-0.2, 0) is 9.53 Å². The molecule has 0 spiro atoms. The maximum Gasteiger partial charge on any atom is 0.323 e. The van der Waals surface area contributed by atoms with E-state index in [1.54, 1.807) is 0 Å². The average Bonchev–Trinajstić information content (AvgIpc) is 2.77. The predicted molar refractivity (Wildman–Crippen MR) is 66.8 cm³/mol. The summed E-state index contributed by atoms with van der Waals surface area (Å²) >= 11 is 0. The molecule has 0 amide bonds. The largest absolute Gasteiger partial charge is 0.468 e. The summed E-state index contributed by atoms with van der Waals surface area (Å²) in [5.41, 5.74) is 0. The molecule has 2 aliphatic heterocycles. The van der Waals surface area contributed by atoms with E-state index in [4.69, 9.17) is 4.74 Å². The Hall–Kier alpha value is -0.610. The van der Waals surface area contributed by atoms with E-state index < -0.39 is 0 Å². The summed E-state index contributed by atoms with van der Waals surface area (Å²) in [7, 11) is 1.48. The Morgan fingerprint density at radius 3 is 2.53 bits per heavy atom. The van der Waals surface area contributed by atoms with E-state index >= 15 is 0 Å². The molecule has 2 heterocycles. The number of ether oxygens (including phenoxy) is 1. The van der Waals surface area contributed by atoms with E-state index in [2.05, 4.69) is 16.7 Å². The SMILES string of the molecule is COC(=O)C1CCN1CC(C)CN1CCCC1. The van der Waals surface area contributed by atoms with Crippen LogP contribution in [-0.4, -0.2) is 61.6 Å². The Morgan fingerprint density at radius 2 is 2.00 bits per heavy atom. The van der Waals surface area contributed by atoms with E-state index in [1.165, 1.54) is 39.6 Å². The summed E-state index contributed by atoms with van der Waals surface area (Å²) in [5, 5.41) is 0. The van der Waals surface area contributed by atoms with Gasteiger partial charge in [0.15, 0.2) is 0 Å². The lowest BCUT2D eigenvalue weighted by atomic mass is 10.00. The van der Waals surface area contributed by atoms with Crippen molar-refractivity contribution in [2.45, 2.75) is 32.2 Å². The summed E-state index contributed by atoms with van der Waals surface area (Å²) in [6.45, 7) is 8.03. The second-order valence-electron chi connectivity index (χ2n) is 5.44. The fourth-order valence-corrected chi connectivity index (χ4v) is 2.93. The lowest BCUT2D eigenvalue weighted by Crippen LogP contribution is -2.54. The summed E-state index contributed by atoms with van der Waals surface area (Å²) < 4.78 is 4.81. The quantitative estimate of drug-likeness (QED) is 0.670. The van der Waals surface area contributed by atoms with Crippen LogP contribution in [0.25, 0.3) is 0 Å². The average molecular weight is 240 g/mol. The molecular weight excluding hydrogens is 216 g/mol. The minimum atomic E-state index is -0.0652. The minimum Gasteiger partial charge on any atom is -0.468 e. The first-order valence-corrected chi connectivity index (χ1v) is 6.75. The van der Waals surface area contributed by atoms with E-state index in [-0.39, 0.29) is 12.0 Å². The van der Waals surface area contributed by atoms with Gasteiger partial charge in [-0.3, -0.25) is 9.69 Å². The standard InChI is InChI=1S/C13H24N2O2/c1-11(9-14-6-3-4-7-14)10-15-8-5-12(15)13(16)17-2/h11-12H,3-10H2,1-2H3. The van der Waals surface area contributed by atoms with Crippen LogP contribution in [0.4, 0.5) is 0 Å². The van der Waals surface area contributed by atoms with Crippen LogP contribution in [0.15, 0.2) is 0 Å². The predicted octanol–water partition coefficient (Wildman–Crippen LogP) is 0.966. The molecule has 2 aliphatic rings. The molecule has 2 rings (SSSR count). The van der Waals surface area contributed by atoms with Crippen molar-refractivity contribution in [1.82, 2.24) is 9.80 Å². The molecule has 0 aliphatic carbocycles. The molecule has 0 bridgehead atoms. The van der Waals surface area contributed by atoms with Crippen molar-refractivity contribution in [1.29, 1.82) is 0 Å². The number of esters is 1. The highest BCUT2D eigenvalue weighted by Gasteiger charge is 2.35. The number of hydrogen-bond acceptors (Lipinski definition) is 4. The molecule has 2 atom stereocenters. The van der Waals surface area contributed by atoms with Gasteiger partial charge in [0.2, 0.25) is 0 Å². The number of carbonyl (C=O) groups excluding carboxylic acids is 1. The van der Waals surface area contributed by atoms with Gasteiger partial charge in [0, 0.05) is 19.6 Å². The topological polar surface area (TPSA) is 32.8 Å². The van der Waals surface area contributed by atoms with Crippen molar-refractivity contribution >= 4 is 5.97 Å². The third kappa shape index (κ3) is 3.19. The van der Waals surface area contributed by atoms with Crippen LogP contribution in [0.1, 0.15) is 26.2 Å². The second-order valence-corrected chi connectivity index (χ2v) is 5.44. The van der Waals surface area contributed by atoms with Crippen molar-refractivity contribution in [3.63, 3.8) is 0 Å². The monoisotopic (exact) mass is 240 g/mol. The number of rotatable bonds is 5. The number of nitrogens with zero attached hydrogens (tertiary/aromatic N) is 2. The zero-order valence-electron chi connectivity index (χ0n) is 11.0. The van der Waals surface area contributed by atoms with Gasteiger partial charge in [0.05, 0.1) is 7.11 Å². The first-order chi connectivity index (χ1) is 8.20. The van der Waals surface area contributed by atoms with E-state index in [1.807, 2.05) is 0 Å². The number of methoxy groups -OCH3 is 1. The molecule has 0 saturated carbocycles. The zero-order chi connectivity index (χ0) is 12.3. The highest BCUT2D eigenvalue weighted by atomic mass is 16.5. The van der Waals surface area contributed by atoms with Crippen molar-refractivity contribution < 1.29 is 9.53 Å². The molecule has 2 saturated heterocycles. The Morgan fingerprint density at radius 1 is 1.29 bits per heavy atom. The van der Waals surface area contributed by atoms with Gasteiger partial charge in [0.1, 0.15) is 6.04 Å². The van der Waals surface area contributed by atoms with Crippen LogP contribution in [0, 0.1) is 5.92 Å². The van der Waals surface area contributed by atoms with Gasteiger partial charge >= 0.3 is 5.97 Å². The Balaban J connectivity index is 1.71. The number of carbonyl (C=O) groups is 1. The highest BCUT2D eigenvalue weighted by molar-refractivity contribution is 5.76. The number of hydrogen-bond donors (Lipinski definition) is 0. The van der Waals surface area contributed by atoms with Crippen LogP contribution < -0.4 is 0 Å². The van der Waals surface area contributed by atoms with E-state index in [9.17, 15) is 4.79 Å². The highest BCUT2D eigenvalue weighted by Crippen LogP contribution is 2.21. The minimum absolute atomic E-state index is 0.0287. The fraction of sp³-hybridized carbons (Fsp3) is 0.923. The lowest BCUT2D eigenvalue weighted by molar-refractivity contribution is -0.152. The molecule has 0 radical (unpaired) electrons. The summed E-state index contributed by atoms with van der Waals surface area (Å²) in [4.78, 5) is 16.3. The molecule has 2 unspecified atom stereocenters. The Labute approximate surface area is 104 Å².